The van der Waals surface area contributed by atoms with Crippen molar-refractivity contribution in [3.63, 3.8) is 0 Å². The number of benzene rings is 1. The minimum Gasteiger partial charge on any atom is -0.389 e. The first kappa shape index (κ1) is 18.0. The summed E-state index contributed by atoms with van der Waals surface area (Å²) < 4.78 is 26.1. The molecule has 5 nitrogen and oxygen atoms in total. The molecule has 1 aromatic rings. The molecule has 21 heavy (non-hydrogen) atoms. The molecular weight excluding hydrogens is 308 g/mol. The van der Waals surface area contributed by atoms with Crippen LogP contribution in [0.1, 0.15) is 31.9 Å². The first-order valence-corrected chi connectivity index (χ1v) is 8.66. The number of aliphatic hydroxyl groups is 1. The van der Waals surface area contributed by atoms with Gasteiger partial charge in [-0.2, -0.15) is 4.31 Å². The van der Waals surface area contributed by atoms with E-state index >= 15 is 0 Å². The van der Waals surface area contributed by atoms with Crippen LogP contribution in [0.3, 0.4) is 0 Å². The molecule has 7 heteroatoms. The van der Waals surface area contributed by atoms with E-state index in [4.69, 9.17) is 18.0 Å². The van der Waals surface area contributed by atoms with E-state index in [-0.39, 0.29) is 17.3 Å². The highest BCUT2D eigenvalue weighted by atomic mass is 32.2. The number of likely N-dealkylation sites (N-methyl/N-ethyl adjacent to an activating group) is 1. The average molecular weight is 330 g/mol. The second-order valence-corrected chi connectivity index (χ2v) is 7.96. The molecular formula is C14H22N2O3S2. The van der Waals surface area contributed by atoms with Gasteiger partial charge < -0.3 is 10.8 Å². The molecule has 0 amide bonds. The van der Waals surface area contributed by atoms with Gasteiger partial charge in [0.2, 0.25) is 10.0 Å². The Hall–Kier alpha value is -1.02. The van der Waals surface area contributed by atoms with Gasteiger partial charge in [0.1, 0.15) is 4.99 Å². The van der Waals surface area contributed by atoms with Crippen molar-refractivity contribution >= 4 is 27.2 Å². The van der Waals surface area contributed by atoms with Crippen LogP contribution in [0.4, 0.5) is 0 Å². The van der Waals surface area contributed by atoms with E-state index in [2.05, 4.69) is 0 Å². The van der Waals surface area contributed by atoms with Gasteiger partial charge >= 0.3 is 0 Å². The molecule has 0 heterocycles. The topological polar surface area (TPSA) is 83.6 Å². The molecule has 118 valence electrons. The van der Waals surface area contributed by atoms with E-state index in [1.54, 1.807) is 45.0 Å². The first-order valence-electron chi connectivity index (χ1n) is 6.64. The van der Waals surface area contributed by atoms with Crippen LogP contribution in [0, 0.1) is 0 Å². The van der Waals surface area contributed by atoms with Gasteiger partial charge in [0, 0.05) is 18.7 Å². The van der Waals surface area contributed by atoms with E-state index in [0.717, 1.165) is 0 Å². The number of hydrogen-bond donors (Lipinski definition) is 2. The molecule has 0 aliphatic heterocycles. The van der Waals surface area contributed by atoms with Crippen molar-refractivity contribution in [2.75, 3.05) is 13.1 Å². The number of nitrogens with two attached hydrogens (primary N) is 1. The fraction of sp³-hybridized carbons (Fsp3) is 0.500. The Morgan fingerprint density at radius 3 is 2.24 bits per heavy atom. The summed E-state index contributed by atoms with van der Waals surface area (Å²) in [7, 11) is -3.48. The summed E-state index contributed by atoms with van der Waals surface area (Å²) in [6, 6.07) is 6.81. The molecule has 0 aliphatic carbocycles. The molecule has 0 unspecified atom stereocenters. The molecule has 0 bridgehead atoms. The van der Waals surface area contributed by atoms with Crippen molar-refractivity contribution in [3.8, 4) is 0 Å². The van der Waals surface area contributed by atoms with E-state index in [9.17, 15) is 13.5 Å². The van der Waals surface area contributed by atoms with Crippen LogP contribution in [-0.2, 0) is 15.8 Å². The van der Waals surface area contributed by atoms with Gasteiger partial charge in [-0.25, -0.2) is 8.42 Å². The summed E-state index contributed by atoms with van der Waals surface area (Å²) in [4.78, 5) is 0.279. The molecule has 0 aliphatic rings. The van der Waals surface area contributed by atoms with Gasteiger partial charge in [0.05, 0.1) is 11.4 Å². The minimum atomic E-state index is -3.48. The van der Waals surface area contributed by atoms with Crippen LogP contribution < -0.4 is 5.73 Å². The Kier molecular flexibility index (Phi) is 5.86. The summed E-state index contributed by atoms with van der Waals surface area (Å²) in [5.41, 5.74) is 5.80. The van der Waals surface area contributed by atoms with Crippen molar-refractivity contribution in [3.05, 3.63) is 35.4 Å². The number of rotatable bonds is 7. The second kappa shape index (κ2) is 6.83. The third kappa shape index (κ3) is 5.70. The van der Waals surface area contributed by atoms with Gasteiger partial charge in [-0.15, -0.1) is 0 Å². The lowest BCUT2D eigenvalue weighted by Crippen LogP contribution is -2.42. The molecule has 1 rings (SSSR count). The zero-order chi connectivity index (χ0) is 16.3. The maximum absolute atomic E-state index is 12.4. The van der Waals surface area contributed by atoms with Gasteiger partial charge in [0.15, 0.2) is 0 Å². The van der Waals surface area contributed by atoms with Crippen molar-refractivity contribution in [1.82, 2.24) is 4.31 Å². The van der Waals surface area contributed by atoms with Crippen molar-refractivity contribution in [2.24, 2.45) is 5.73 Å². The predicted molar refractivity (Wildman–Crippen MR) is 88.5 cm³/mol. The third-order valence-electron chi connectivity index (χ3n) is 2.90. The Bertz CT molecular complexity index is 590. The first-order chi connectivity index (χ1) is 9.55. The quantitative estimate of drug-likeness (QED) is 0.735. The zero-order valence-corrected chi connectivity index (χ0v) is 14.2. The van der Waals surface area contributed by atoms with E-state index < -0.39 is 15.6 Å². The lowest BCUT2D eigenvalue weighted by molar-refractivity contribution is 0.0601. The van der Waals surface area contributed by atoms with Crippen molar-refractivity contribution in [1.29, 1.82) is 0 Å². The molecule has 0 spiro atoms. The zero-order valence-electron chi connectivity index (χ0n) is 12.5. The molecule has 0 fully saturated rings. The van der Waals surface area contributed by atoms with Gasteiger partial charge in [-0.3, -0.25) is 0 Å². The number of sulfonamides is 1. The molecule has 3 N–H and O–H groups in total. The van der Waals surface area contributed by atoms with Crippen LogP contribution in [0.2, 0.25) is 0 Å². The van der Waals surface area contributed by atoms with Crippen molar-refractivity contribution in [2.45, 2.75) is 32.1 Å². The lowest BCUT2D eigenvalue weighted by atomic mass is 10.1. The third-order valence-corrected chi connectivity index (χ3v) is 5.00. The summed E-state index contributed by atoms with van der Waals surface area (Å²) in [5, 5.41) is 9.81. The van der Waals surface area contributed by atoms with Crippen LogP contribution in [0.25, 0.3) is 0 Å². The Balaban J connectivity index is 2.90. The fourth-order valence-corrected chi connectivity index (χ4v) is 3.74. The highest BCUT2D eigenvalue weighted by Gasteiger charge is 2.26. The van der Waals surface area contributed by atoms with Crippen LogP contribution in [-0.4, -0.2) is 41.5 Å². The monoisotopic (exact) mass is 330 g/mol. The highest BCUT2D eigenvalue weighted by Crippen LogP contribution is 2.15. The van der Waals surface area contributed by atoms with Gasteiger partial charge in [0.25, 0.3) is 0 Å². The second-order valence-electron chi connectivity index (χ2n) is 5.56. The average Bonchev–Trinajstić information content (AvgIpc) is 2.34. The van der Waals surface area contributed by atoms with Crippen LogP contribution in [0.5, 0.6) is 0 Å². The lowest BCUT2D eigenvalue weighted by Gasteiger charge is -2.27. The predicted octanol–water partition coefficient (Wildman–Crippen LogP) is 1.24. The Labute approximate surface area is 131 Å². The Morgan fingerprint density at radius 1 is 1.33 bits per heavy atom. The largest absolute Gasteiger partial charge is 0.389 e. The molecule has 0 saturated carbocycles. The molecule has 0 aromatic heterocycles. The summed E-state index contributed by atoms with van der Waals surface area (Å²) in [5.74, 6) is -0.117. The molecule has 0 atom stereocenters. The highest BCUT2D eigenvalue weighted by molar-refractivity contribution is 7.88. The number of nitrogens with zero attached hydrogens (tertiary/aromatic N) is 1. The minimum absolute atomic E-state index is 0.0663. The number of thiocarbonyl (C=S) groups is 1. The van der Waals surface area contributed by atoms with Crippen LogP contribution in [0.15, 0.2) is 24.3 Å². The normalized spacial score (nSPS) is 12.6. The summed E-state index contributed by atoms with van der Waals surface area (Å²) in [6.45, 7) is 5.30. The van der Waals surface area contributed by atoms with Crippen LogP contribution >= 0.6 is 12.2 Å². The summed E-state index contributed by atoms with van der Waals surface area (Å²) in [6.07, 6.45) is 0. The maximum Gasteiger partial charge on any atom is 0.218 e. The SMILES string of the molecule is CCN(CC(C)(C)O)S(=O)(=O)Cc1ccc(C(N)=S)cc1. The van der Waals surface area contributed by atoms with Gasteiger partial charge in [-0.1, -0.05) is 43.4 Å². The molecule has 1 aromatic carbocycles. The van der Waals surface area contributed by atoms with Gasteiger partial charge in [-0.05, 0) is 19.4 Å². The fourth-order valence-electron chi connectivity index (χ4n) is 1.91. The van der Waals surface area contributed by atoms with E-state index in [1.807, 2.05) is 0 Å². The Morgan fingerprint density at radius 2 is 1.86 bits per heavy atom. The van der Waals surface area contributed by atoms with Crippen molar-refractivity contribution < 1.29 is 13.5 Å². The van der Waals surface area contributed by atoms with E-state index in [1.165, 1.54) is 4.31 Å². The molecule has 0 saturated heterocycles. The maximum atomic E-state index is 12.4. The number of hydrogen-bond acceptors (Lipinski definition) is 4. The van der Waals surface area contributed by atoms with E-state index in [0.29, 0.717) is 17.7 Å². The smallest absolute Gasteiger partial charge is 0.218 e. The standard InChI is InChI=1S/C14H22N2O3S2/c1-4-16(10-14(2,3)17)21(18,19)9-11-5-7-12(8-6-11)13(15)20/h5-8,17H,4,9-10H2,1-3H3,(H2,15,20). The molecule has 0 radical (unpaired) electrons. The summed E-state index contributed by atoms with van der Waals surface area (Å²) >= 11 is 4.86.